The van der Waals surface area contributed by atoms with Crippen LogP contribution in [0.3, 0.4) is 0 Å². The monoisotopic (exact) mass is 234 g/mol. The van der Waals surface area contributed by atoms with Crippen molar-refractivity contribution in [2.24, 2.45) is 0 Å². The summed E-state index contributed by atoms with van der Waals surface area (Å²) in [4.78, 5) is 26.7. The van der Waals surface area contributed by atoms with Crippen LogP contribution < -0.4 is 0 Å². The number of nitrogens with zero attached hydrogens (tertiary/aromatic N) is 2. The summed E-state index contributed by atoms with van der Waals surface area (Å²) < 4.78 is 0. The van der Waals surface area contributed by atoms with E-state index in [1.165, 1.54) is 17.0 Å². The van der Waals surface area contributed by atoms with Crippen molar-refractivity contribution >= 4 is 11.8 Å². The number of aromatic hydroxyl groups is 1. The van der Waals surface area contributed by atoms with Crippen molar-refractivity contribution < 1.29 is 14.7 Å². The van der Waals surface area contributed by atoms with Crippen molar-refractivity contribution in [2.75, 3.05) is 26.7 Å². The fraction of sp³-hybridized carbons (Fsp3) is 0.333. The van der Waals surface area contributed by atoms with Crippen molar-refractivity contribution in [3.05, 3.63) is 29.8 Å². The van der Waals surface area contributed by atoms with Gasteiger partial charge in [-0.2, -0.15) is 0 Å². The molecule has 0 aromatic heterocycles. The number of piperazine rings is 1. The van der Waals surface area contributed by atoms with Crippen LogP contribution in [0.25, 0.3) is 0 Å². The lowest BCUT2D eigenvalue weighted by Gasteiger charge is -2.32. The summed E-state index contributed by atoms with van der Waals surface area (Å²) >= 11 is 0. The lowest BCUT2D eigenvalue weighted by atomic mass is 10.1. The van der Waals surface area contributed by atoms with E-state index in [0.29, 0.717) is 18.7 Å². The van der Waals surface area contributed by atoms with E-state index in [1.54, 1.807) is 24.1 Å². The van der Waals surface area contributed by atoms with Crippen molar-refractivity contribution in [2.45, 2.75) is 0 Å². The highest BCUT2D eigenvalue weighted by atomic mass is 16.3. The van der Waals surface area contributed by atoms with Crippen LogP contribution in [0.5, 0.6) is 5.75 Å². The maximum atomic E-state index is 12.0. The fourth-order valence-corrected chi connectivity index (χ4v) is 1.72. The number of amides is 2. The average Bonchev–Trinajstić information content (AvgIpc) is 2.33. The summed E-state index contributed by atoms with van der Waals surface area (Å²) in [5.41, 5.74) is 0.486. The molecule has 0 radical (unpaired) electrons. The van der Waals surface area contributed by atoms with Gasteiger partial charge >= 0.3 is 0 Å². The Bertz CT molecular complexity index is 442. The van der Waals surface area contributed by atoms with E-state index in [4.69, 9.17) is 5.11 Å². The number of phenolic OH excluding ortho intramolecular Hbond substituents is 1. The van der Waals surface area contributed by atoms with Gasteiger partial charge in [-0.3, -0.25) is 9.59 Å². The van der Waals surface area contributed by atoms with Gasteiger partial charge < -0.3 is 14.9 Å². The van der Waals surface area contributed by atoms with Crippen molar-refractivity contribution in [3.8, 4) is 5.75 Å². The molecule has 90 valence electrons. The first-order chi connectivity index (χ1) is 8.08. The first-order valence-electron chi connectivity index (χ1n) is 5.40. The molecule has 2 rings (SSSR count). The second-order valence-corrected chi connectivity index (χ2v) is 4.09. The van der Waals surface area contributed by atoms with Crippen LogP contribution in [0.1, 0.15) is 10.4 Å². The van der Waals surface area contributed by atoms with Gasteiger partial charge in [-0.25, -0.2) is 0 Å². The topological polar surface area (TPSA) is 60.9 Å². The third-order valence-corrected chi connectivity index (χ3v) is 2.86. The van der Waals surface area contributed by atoms with Crippen LogP contribution >= 0.6 is 0 Å². The molecule has 1 aromatic carbocycles. The van der Waals surface area contributed by atoms with E-state index in [-0.39, 0.29) is 24.1 Å². The van der Waals surface area contributed by atoms with Crippen LogP contribution in [0.4, 0.5) is 0 Å². The Kier molecular flexibility index (Phi) is 2.99. The van der Waals surface area contributed by atoms with Crippen molar-refractivity contribution in [3.63, 3.8) is 0 Å². The fourth-order valence-electron chi connectivity index (χ4n) is 1.72. The third kappa shape index (κ3) is 2.38. The largest absolute Gasteiger partial charge is 0.508 e. The van der Waals surface area contributed by atoms with Crippen LogP contribution in [0.2, 0.25) is 0 Å². The molecule has 1 N–H and O–H groups in total. The van der Waals surface area contributed by atoms with E-state index in [2.05, 4.69) is 0 Å². The van der Waals surface area contributed by atoms with E-state index in [0.717, 1.165) is 0 Å². The molecule has 1 aliphatic rings. The number of phenols is 1. The molecule has 17 heavy (non-hydrogen) atoms. The molecule has 1 fully saturated rings. The van der Waals surface area contributed by atoms with Gasteiger partial charge in [-0.1, -0.05) is 0 Å². The van der Waals surface area contributed by atoms with Gasteiger partial charge in [0.1, 0.15) is 12.3 Å². The van der Waals surface area contributed by atoms with Crippen molar-refractivity contribution in [1.29, 1.82) is 0 Å². The molecule has 1 heterocycles. The molecule has 5 nitrogen and oxygen atoms in total. The predicted molar refractivity (Wildman–Crippen MR) is 61.6 cm³/mol. The number of likely N-dealkylation sites (N-methyl/N-ethyl adjacent to an activating group) is 1. The highest BCUT2D eigenvalue weighted by Crippen LogP contribution is 2.13. The van der Waals surface area contributed by atoms with Crippen LogP contribution in [0.15, 0.2) is 24.3 Å². The van der Waals surface area contributed by atoms with Gasteiger partial charge in [0.25, 0.3) is 5.91 Å². The normalized spacial score (nSPS) is 16.2. The SMILES string of the molecule is CN1CCN(C(=O)c2ccc(O)cc2)CC1=O. The first kappa shape index (κ1) is 11.4. The molecule has 0 atom stereocenters. The Labute approximate surface area is 99.3 Å². The van der Waals surface area contributed by atoms with E-state index >= 15 is 0 Å². The molecule has 0 aliphatic carbocycles. The Hall–Kier alpha value is -2.04. The highest BCUT2D eigenvalue weighted by molar-refractivity contribution is 5.97. The van der Waals surface area contributed by atoms with Crippen LogP contribution in [-0.2, 0) is 4.79 Å². The van der Waals surface area contributed by atoms with Gasteiger partial charge in [0, 0.05) is 25.7 Å². The molecule has 1 aromatic rings. The zero-order valence-electron chi connectivity index (χ0n) is 9.59. The number of carbonyl (C=O) groups is 2. The summed E-state index contributed by atoms with van der Waals surface area (Å²) in [6, 6.07) is 6.04. The van der Waals surface area contributed by atoms with Crippen molar-refractivity contribution in [1.82, 2.24) is 9.80 Å². The Morgan fingerprint density at radius 3 is 2.47 bits per heavy atom. The molecule has 1 saturated heterocycles. The highest BCUT2D eigenvalue weighted by Gasteiger charge is 2.25. The minimum Gasteiger partial charge on any atom is -0.508 e. The molecular weight excluding hydrogens is 220 g/mol. The summed E-state index contributed by atoms with van der Waals surface area (Å²) in [7, 11) is 1.73. The summed E-state index contributed by atoms with van der Waals surface area (Å²) in [6.45, 7) is 1.22. The number of benzene rings is 1. The van der Waals surface area contributed by atoms with Crippen LogP contribution in [-0.4, -0.2) is 53.4 Å². The molecule has 0 unspecified atom stereocenters. The minimum absolute atomic E-state index is 0.0524. The number of carbonyl (C=O) groups excluding carboxylic acids is 2. The molecule has 5 heteroatoms. The molecular formula is C12H14N2O3. The number of hydrogen-bond acceptors (Lipinski definition) is 3. The number of hydrogen-bond donors (Lipinski definition) is 1. The smallest absolute Gasteiger partial charge is 0.254 e. The van der Waals surface area contributed by atoms with Crippen LogP contribution in [0, 0.1) is 0 Å². The quantitative estimate of drug-likeness (QED) is 0.760. The van der Waals surface area contributed by atoms with E-state index in [9.17, 15) is 9.59 Å². The Balaban J connectivity index is 2.10. The second kappa shape index (κ2) is 4.45. The first-order valence-corrected chi connectivity index (χ1v) is 5.40. The maximum Gasteiger partial charge on any atom is 0.254 e. The minimum atomic E-state index is -0.175. The second-order valence-electron chi connectivity index (χ2n) is 4.09. The summed E-state index contributed by atoms with van der Waals surface area (Å²) in [5.74, 6) is -0.106. The lowest BCUT2D eigenvalue weighted by molar-refractivity contribution is -0.133. The van der Waals surface area contributed by atoms with Gasteiger partial charge in [0.15, 0.2) is 0 Å². The van der Waals surface area contributed by atoms with Gasteiger partial charge in [0.2, 0.25) is 5.91 Å². The Morgan fingerprint density at radius 2 is 1.88 bits per heavy atom. The summed E-state index contributed by atoms with van der Waals surface area (Å²) in [6.07, 6.45) is 0. The van der Waals surface area contributed by atoms with E-state index in [1.807, 2.05) is 0 Å². The number of rotatable bonds is 1. The summed E-state index contributed by atoms with van der Waals surface area (Å²) in [5, 5.41) is 9.14. The lowest BCUT2D eigenvalue weighted by Crippen LogP contribution is -2.50. The third-order valence-electron chi connectivity index (χ3n) is 2.86. The molecule has 0 spiro atoms. The standard InChI is InChI=1S/C12H14N2O3/c1-13-6-7-14(8-11(13)16)12(17)9-2-4-10(15)5-3-9/h2-5,15H,6-8H2,1H3. The molecule has 2 amide bonds. The average molecular weight is 234 g/mol. The molecule has 0 saturated carbocycles. The molecule has 1 aliphatic heterocycles. The Morgan fingerprint density at radius 1 is 1.24 bits per heavy atom. The van der Waals surface area contributed by atoms with Gasteiger partial charge in [0.05, 0.1) is 0 Å². The van der Waals surface area contributed by atoms with Gasteiger partial charge in [-0.05, 0) is 24.3 Å². The van der Waals surface area contributed by atoms with E-state index < -0.39 is 0 Å². The molecule has 0 bridgehead atoms. The predicted octanol–water partition coefficient (Wildman–Crippen LogP) is 0.306. The maximum absolute atomic E-state index is 12.0. The zero-order valence-corrected chi connectivity index (χ0v) is 9.59. The zero-order chi connectivity index (χ0) is 12.4. The van der Waals surface area contributed by atoms with Gasteiger partial charge in [-0.15, -0.1) is 0 Å².